The van der Waals surface area contributed by atoms with Crippen LogP contribution in [0.15, 0.2) is 58.2 Å². The molecule has 1 atom stereocenters. The second kappa shape index (κ2) is 10.8. The lowest BCUT2D eigenvalue weighted by atomic mass is 9.94. The van der Waals surface area contributed by atoms with Gasteiger partial charge in [0, 0.05) is 5.39 Å². The first kappa shape index (κ1) is 25.6. The van der Waals surface area contributed by atoms with Gasteiger partial charge in [0.2, 0.25) is 11.5 Å². The van der Waals surface area contributed by atoms with Crippen LogP contribution in [-0.2, 0) is 9.53 Å². The quantitative estimate of drug-likeness (QED) is 0.410. The Bertz CT molecular complexity index is 1330. The Kier molecular flexibility index (Phi) is 7.26. The number of Topliss-reactive ketones (excluding diaryl/α,β-unsaturated/α-hetero) is 1. The van der Waals surface area contributed by atoms with Gasteiger partial charge in [-0.15, -0.1) is 0 Å². The number of quaternary nitrogens is 1. The van der Waals surface area contributed by atoms with Crippen LogP contribution in [-0.4, -0.2) is 82.4 Å². The number of amides is 1. The van der Waals surface area contributed by atoms with E-state index in [1.54, 1.807) is 24.3 Å². The van der Waals surface area contributed by atoms with Crippen molar-refractivity contribution in [3.63, 3.8) is 0 Å². The SMILES string of the molecule is COc1cc([C@H]2C(C(=O)c3cc4ccccc4o3)=C(O)C(=O)N2CC[NH+]2CCOCC2)cc(OC)c1OC. The minimum atomic E-state index is -0.891. The van der Waals surface area contributed by atoms with Gasteiger partial charge in [0.15, 0.2) is 23.0 Å². The van der Waals surface area contributed by atoms with Crippen molar-refractivity contribution in [2.45, 2.75) is 6.04 Å². The predicted octanol–water partition coefficient (Wildman–Crippen LogP) is 1.95. The minimum absolute atomic E-state index is 0.0404. The largest absolute Gasteiger partial charge is 0.503 e. The fourth-order valence-electron chi connectivity index (χ4n) is 5.14. The number of aliphatic hydroxyl groups excluding tert-OH is 1. The second-order valence-corrected chi connectivity index (χ2v) is 9.21. The molecule has 0 aliphatic carbocycles. The van der Waals surface area contributed by atoms with Crippen LogP contribution in [0.4, 0.5) is 0 Å². The highest BCUT2D eigenvalue weighted by molar-refractivity contribution is 6.16. The highest BCUT2D eigenvalue weighted by Gasteiger charge is 2.45. The first-order chi connectivity index (χ1) is 18.5. The van der Waals surface area contributed by atoms with Crippen LogP contribution in [0.1, 0.15) is 22.2 Å². The lowest BCUT2D eigenvalue weighted by molar-refractivity contribution is -0.907. The number of morpholine rings is 1. The molecule has 38 heavy (non-hydrogen) atoms. The van der Waals surface area contributed by atoms with Crippen molar-refractivity contribution >= 4 is 22.7 Å². The summed E-state index contributed by atoms with van der Waals surface area (Å²) in [5.41, 5.74) is 1.02. The number of fused-ring (bicyclic) bond motifs is 1. The Balaban J connectivity index is 1.58. The lowest BCUT2D eigenvalue weighted by Gasteiger charge is -2.30. The molecule has 1 aromatic heterocycles. The Morgan fingerprint density at radius 3 is 2.37 bits per heavy atom. The smallest absolute Gasteiger partial charge is 0.290 e. The number of carbonyl (C=O) groups is 2. The molecule has 1 amide bonds. The van der Waals surface area contributed by atoms with Crippen molar-refractivity contribution in [3.05, 3.63) is 65.1 Å². The summed E-state index contributed by atoms with van der Waals surface area (Å²) < 4.78 is 27.8. The second-order valence-electron chi connectivity index (χ2n) is 9.21. The van der Waals surface area contributed by atoms with Crippen LogP contribution in [0.2, 0.25) is 0 Å². The lowest BCUT2D eigenvalue weighted by Crippen LogP contribution is -3.14. The van der Waals surface area contributed by atoms with Crippen molar-refractivity contribution in [1.29, 1.82) is 0 Å². The van der Waals surface area contributed by atoms with E-state index in [4.69, 9.17) is 23.4 Å². The van der Waals surface area contributed by atoms with Crippen molar-refractivity contribution in [3.8, 4) is 17.2 Å². The number of ether oxygens (including phenoxy) is 4. The Morgan fingerprint density at radius 2 is 1.74 bits per heavy atom. The molecule has 2 aliphatic heterocycles. The predicted molar refractivity (Wildman–Crippen MR) is 137 cm³/mol. The van der Waals surface area contributed by atoms with Gasteiger partial charge in [-0.25, -0.2) is 0 Å². The summed E-state index contributed by atoms with van der Waals surface area (Å²) in [6.07, 6.45) is 0. The number of benzene rings is 2. The number of furan rings is 1. The number of para-hydroxylation sites is 1. The Morgan fingerprint density at radius 1 is 1.05 bits per heavy atom. The molecule has 2 aliphatic rings. The molecule has 0 saturated carbocycles. The van der Waals surface area contributed by atoms with Gasteiger partial charge in [0.25, 0.3) is 5.91 Å². The van der Waals surface area contributed by atoms with E-state index >= 15 is 0 Å². The third kappa shape index (κ3) is 4.57. The number of nitrogens with one attached hydrogen (secondary N) is 1. The van der Waals surface area contributed by atoms with E-state index in [1.807, 2.05) is 18.2 Å². The number of nitrogens with zero attached hydrogens (tertiary/aromatic N) is 1. The van der Waals surface area contributed by atoms with E-state index in [0.29, 0.717) is 54.7 Å². The summed E-state index contributed by atoms with van der Waals surface area (Å²) >= 11 is 0. The van der Waals surface area contributed by atoms with Crippen molar-refractivity contribution < 1.29 is 43.0 Å². The normalized spacial score (nSPS) is 18.3. The summed E-state index contributed by atoms with van der Waals surface area (Å²) in [6, 6.07) is 11.4. The first-order valence-corrected chi connectivity index (χ1v) is 12.5. The van der Waals surface area contributed by atoms with E-state index in [-0.39, 0.29) is 11.3 Å². The number of hydrogen-bond acceptors (Lipinski definition) is 8. The van der Waals surface area contributed by atoms with Crippen LogP contribution < -0.4 is 19.1 Å². The average Bonchev–Trinajstić information content (AvgIpc) is 3.50. The molecule has 5 rings (SSSR count). The molecule has 0 spiro atoms. The van der Waals surface area contributed by atoms with Gasteiger partial charge < -0.3 is 38.3 Å². The summed E-state index contributed by atoms with van der Waals surface area (Å²) in [5, 5.41) is 11.8. The van der Waals surface area contributed by atoms with Crippen LogP contribution >= 0.6 is 0 Å². The van der Waals surface area contributed by atoms with Crippen LogP contribution in [0.25, 0.3) is 11.0 Å². The minimum Gasteiger partial charge on any atom is -0.503 e. The van der Waals surface area contributed by atoms with E-state index in [9.17, 15) is 14.7 Å². The van der Waals surface area contributed by atoms with Gasteiger partial charge in [-0.3, -0.25) is 9.59 Å². The highest BCUT2D eigenvalue weighted by atomic mass is 16.5. The standard InChI is InChI=1S/C28H30N2O8/c1-34-21-15-18(16-22(35-2)27(21)36-3)24-23(25(31)20-14-17-6-4-5-7-19(17)38-20)26(32)28(33)30(24)9-8-29-10-12-37-13-11-29/h4-7,14-16,24,32H,8-13H2,1-3H3/p+1/t24-/m0/s1. The van der Waals surface area contributed by atoms with E-state index in [0.717, 1.165) is 18.5 Å². The molecule has 10 heteroatoms. The van der Waals surface area contributed by atoms with Crippen LogP contribution in [0, 0.1) is 0 Å². The summed E-state index contributed by atoms with van der Waals surface area (Å²) in [5.74, 6) is -0.608. The van der Waals surface area contributed by atoms with E-state index < -0.39 is 23.5 Å². The number of carbonyl (C=O) groups excluding carboxylic acids is 2. The fraction of sp³-hybridized carbons (Fsp3) is 0.357. The van der Waals surface area contributed by atoms with Crippen LogP contribution in [0.5, 0.6) is 17.2 Å². The maximum absolute atomic E-state index is 13.8. The third-order valence-corrected chi connectivity index (χ3v) is 7.11. The van der Waals surface area contributed by atoms with Gasteiger partial charge >= 0.3 is 0 Å². The number of aliphatic hydroxyl groups is 1. The molecule has 2 N–H and O–H groups in total. The van der Waals surface area contributed by atoms with Gasteiger partial charge in [-0.05, 0) is 29.8 Å². The molecule has 1 saturated heterocycles. The van der Waals surface area contributed by atoms with Crippen molar-refractivity contribution in [2.24, 2.45) is 0 Å². The molecule has 3 aromatic rings. The topological polar surface area (TPSA) is 112 Å². The molecule has 0 bridgehead atoms. The number of hydrogen-bond donors (Lipinski definition) is 2. The number of methoxy groups -OCH3 is 3. The molecule has 200 valence electrons. The van der Waals surface area contributed by atoms with E-state index in [2.05, 4.69) is 0 Å². The molecular formula is C28H31N2O8+. The fourth-order valence-corrected chi connectivity index (χ4v) is 5.14. The Labute approximate surface area is 219 Å². The zero-order valence-corrected chi connectivity index (χ0v) is 21.6. The number of ketones is 1. The van der Waals surface area contributed by atoms with Gasteiger partial charge in [-0.2, -0.15) is 0 Å². The molecule has 10 nitrogen and oxygen atoms in total. The molecule has 2 aromatic carbocycles. The highest BCUT2D eigenvalue weighted by Crippen LogP contribution is 2.45. The summed E-state index contributed by atoms with van der Waals surface area (Å²) in [7, 11) is 4.49. The summed E-state index contributed by atoms with van der Waals surface area (Å²) in [4.78, 5) is 30.1. The van der Waals surface area contributed by atoms with Crippen molar-refractivity contribution in [2.75, 3.05) is 60.7 Å². The third-order valence-electron chi connectivity index (χ3n) is 7.11. The maximum atomic E-state index is 13.8. The monoisotopic (exact) mass is 523 g/mol. The molecular weight excluding hydrogens is 492 g/mol. The van der Waals surface area contributed by atoms with Crippen molar-refractivity contribution in [1.82, 2.24) is 4.90 Å². The first-order valence-electron chi connectivity index (χ1n) is 12.5. The maximum Gasteiger partial charge on any atom is 0.290 e. The van der Waals surface area contributed by atoms with Gasteiger partial charge in [0.1, 0.15) is 18.7 Å². The molecule has 0 unspecified atom stereocenters. The average molecular weight is 524 g/mol. The van der Waals surface area contributed by atoms with Gasteiger partial charge in [-0.1, -0.05) is 18.2 Å². The zero-order valence-electron chi connectivity index (χ0n) is 21.6. The Hall–Kier alpha value is -4.02. The number of rotatable bonds is 9. The molecule has 0 radical (unpaired) electrons. The van der Waals surface area contributed by atoms with Crippen LogP contribution in [0.3, 0.4) is 0 Å². The van der Waals surface area contributed by atoms with Gasteiger partial charge in [0.05, 0.1) is 59.2 Å². The van der Waals surface area contributed by atoms with E-state index in [1.165, 1.54) is 31.1 Å². The summed E-state index contributed by atoms with van der Waals surface area (Å²) in [6.45, 7) is 3.89. The molecule has 3 heterocycles. The zero-order chi connectivity index (χ0) is 26.8. The molecule has 1 fully saturated rings.